The van der Waals surface area contributed by atoms with Gasteiger partial charge in [0.15, 0.2) is 0 Å². The van der Waals surface area contributed by atoms with Crippen molar-refractivity contribution >= 4 is 0 Å². The number of unbranched alkanes of at least 4 members (excludes halogenated alkanes) is 3. The predicted molar refractivity (Wildman–Crippen MR) is 146 cm³/mol. The minimum Gasteiger partial charge on any atom is -0.399 e. The molecule has 0 fully saturated rings. The Morgan fingerprint density at radius 1 is 1.06 bits per heavy atom. The van der Waals surface area contributed by atoms with E-state index in [9.17, 15) is 10.1 Å². The molecule has 0 aromatic heterocycles. The van der Waals surface area contributed by atoms with Crippen molar-refractivity contribution in [1.29, 1.82) is 0 Å². The van der Waals surface area contributed by atoms with E-state index in [0.717, 1.165) is 58.1 Å². The number of allylic oxidation sites excluding steroid dienone is 3. The third-order valence-corrected chi connectivity index (χ3v) is 6.48. The molecule has 0 saturated carbocycles. The molecule has 1 atom stereocenters. The standard InChI is InChI=1S/C27H51N5O3/c1-4-11-24(2)12-9-17-29-19-22-31(20-7-5-6-8-23-35-3)21-10-18-30-26-15-13-25(28)14-16-27(26)32(33)34/h13-15,24,29-30H,4-12,16-23,28H2,1-3H3. The number of rotatable bonds is 22. The van der Waals surface area contributed by atoms with E-state index in [1.54, 1.807) is 25.3 Å². The lowest BCUT2D eigenvalue weighted by atomic mass is 10.0. The quantitative estimate of drug-likeness (QED) is 0.115. The molecular weight excluding hydrogens is 442 g/mol. The monoisotopic (exact) mass is 493 g/mol. The first-order chi connectivity index (χ1) is 17.0. The SMILES string of the molecule is CCCC(C)CCCNCCN(CCCCCCOC)CCCNC1=C([N+](=O)[O-])CC=C(N)C=C1. The van der Waals surface area contributed by atoms with Gasteiger partial charge in [0, 0.05) is 39.0 Å². The van der Waals surface area contributed by atoms with Crippen LogP contribution in [0.5, 0.6) is 0 Å². The van der Waals surface area contributed by atoms with Crippen LogP contribution in [-0.2, 0) is 4.74 Å². The van der Waals surface area contributed by atoms with Gasteiger partial charge in [-0.15, -0.1) is 0 Å². The summed E-state index contributed by atoms with van der Waals surface area (Å²) in [6, 6.07) is 0. The van der Waals surface area contributed by atoms with Gasteiger partial charge in [0.2, 0.25) is 0 Å². The summed E-state index contributed by atoms with van der Waals surface area (Å²) >= 11 is 0. The molecule has 0 spiro atoms. The zero-order valence-corrected chi connectivity index (χ0v) is 22.5. The zero-order valence-electron chi connectivity index (χ0n) is 22.5. The Balaban J connectivity index is 2.41. The van der Waals surface area contributed by atoms with Gasteiger partial charge in [-0.3, -0.25) is 10.1 Å². The van der Waals surface area contributed by atoms with Gasteiger partial charge in [0.1, 0.15) is 5.70 Å². The molecule has 1 rings (SSSR count). The first-order valence-corrected chi connectivity index (χ1v) is 13.6. The molecule has 0 bridgehead atoms. The van der Waals surface area contributed by atoms with Crippen LogP contribution in [0.1, 0.15) is 78.1 Å². The smallest absolute Gasteiger partial charge is 0.272 e. The Morgan fingerprint density at radius 2 is 1.83 bits per heavy atom. The summed E-state index contributed by atoms with van der Waals surface area (Å²) in [5, 5.41) is 18.3. The Morgan fingerprint density at radius 3 is 2.57 bits per heavy atom. The van der Waals surface area contributed by atoms with E-state index in [1.807, 2.05) is 0 Å². The van der Waals surface area contributed by atoms with Crippen LogP contribution in [0.25, 0.3) is 0 Å². The van der Waals surface area contributed by atoms with Crippen LogP contribution in [-0.4, -0.2) is 62.8 Å². The number of methoxy groups -OCH3 is 1. The maximum absolute atomic E-state index is 11.4. The maximum Gasteiger partial charge on any atom is 0.272 e. The number of ether oxygens (including phenoxy) is 1. The van der Waals surface area contributed by atoms with Crippen molar-refractivity contribution in [3.8, 4) is 0 Å². The van der Waals surface area contributed by atoms with Gasteiger partial charge in [-0.2, -0.15) is 0 Å². The minimum absolute atomic E-state index is 0.173. The number of hydrogen-bond acceptors (Lipinski definition) is 7. The second-order valence-corrected chi connectivity index (χ2v) is 9.67. The van der Waals surface area contributed by atoms with Crippen molar-refractivity contribution in [2.24, 2.45) is 11.7 Å². The van der Waals surface area contributed by atoms with Crippen molar-refractivity contribution in [3.63, 3.8) is 0 Å². The number of nitrogens with two attached hydrogens (primary N) is 1. The second kappa shape index (κ2) is 20.3. The predicted octanol–water partition coefficient (Wildman–Crippen LogP) is 4.57. The largest absolute Gasteiger partial charge is 0.399 e. The summed E-state index contributed by atoms with van der Waals surface area (Å²) in [6.07, 6.45) is 16.2. The fourth-order valence-electron chi connectivity index (χ4n) is 4.37. The zero-order chi connectivity index (χ0) is 25.7. The normalized spacial score (nSPS) is 14.8. The van der Waals surface area contributed by atoms with Crippen LogP contribution in [0.3, 0.4) is 0 Å². The van der Waals surface area contributed by atoms with Gasteiger partial charge >= 0.3 is 0 Å². The molecular formula is C27H51N5O3. The average molecular weight is 494 g/mol. The van der Waals surface area contributed by atoms with Crippen LogP contribution in [0.4, 0.5) is 0 Å². The van der Waals surface area contributed by atoms with Crippen LogP contribution < -0.4 is 16.4 Å². The Labute approximate surface area is 213 Å². The number of nitrogens with one attached hydrogen (secondary N) is 2. The highest BCUT2D eigenvalue weighted by atomic mass is 16.6. The molecule has 35 heavy (non-hydrogen) atoms. The molecule has 0 aromatic rings. The van der Waals surface area contributed by atoms with E-state index in [2.05, 4.69) is 29.4 Å². The fraction of sp³-hybridized carbons (Fsp3) is 0.778. The topological polar surface area (TPSA) is 106 Å². The molecule has 4 N–H and O–H groups in total. The molecule has 1 unspecified atom stereocenters. The lowest BCUT2D eigenvalue weighted by Crippen LogP contribution is -2.35. The summed E-state index contributed by atoms with van der Waals surface area (Å²) in [7, 11) is 1.76. The van der Waals surface area contributed by atoms with Crippen molar-refractivity contribution < 1.29 is 9.66 Å². The Kier molecular flexibility index (Phi) is 18.1. The van der Waals surface area contributed by atoms with Crippen molar-refractivity contribution in [1.82, 2.24) is 15.5 Å². The first kappa shape index (κ1) is 31.1. The van der Waals surface area contributed by atoms with Gasteiger partial charge in [-0.05, 0) is 69.8 Å². The summed E-state index contributed by atoms with van der Waals surface area (Å²) in [5.74, 6) is 0.824. The van der Waals surface area contributed by atoms with E-state index in [-0.39, 0.29) is 17.0 Å². The third-order valence-electron chi connectivity index (χ3n) is 6.48. The molecule has 8 nitrogen and oxygen atoms in total. The number of nitrogens with zero attached hydrogens (tertiary/aromatic N) is 2. The third kappa shape index (κ3) is 15.7. The molecule has 0 saturated heterocycles. The molecule has 0 radical (unpaired) electrons. The number of hydrogen-bond donors (Lipinski definition) is 3. The summed E-state index contributed by atoms with van der Waals surface area (Å²) in [5.41, 5.74) is 7.12. The molecule has 0 aromatic carbocycles. The lowest BCUT2D eigenvalue weighted by Gasteiger charge is -2.23. The Bertz CT molecular complexity index is 663. The molecule has 8 heteroatoms. The van der Waals surface area contributed by atoms with Crippen molar-refractivity contribution in [3.05, 3.63) is 45.4 Å². The Hall–Kier alpha value is -1.90. The molecule has 0 aliphatic heterocycles. The van der Waals surface area contributed by atoms with E-state index >= 15 is 0 Å². The van der Waals surface area contributed by atoms with Crippen molar-refractivity contribution in [2.45, 2.75) is 78.1 Å². The average Bonchev–Trinajstić information content (AvgIpc) is 3.02. The summed E-state index contributed by atoms with van der Waals surface area (Å²) in [4.78, 5) is 13.6. The second-order valence-electron chi connectivity index (χ2n) is 9.67. The van der Waals surface area contributed by atoms with Gasteiger partial charge in [0.25, 0.3) is 5.70 Å². The summed E-state index contributed by atoms with van der Waals surface area (Å²) < 4.78 is 5.15. The van der Waals surface area contributed by atoms with Gasteiger partial charge in [-0.1, -0.05) is 45.6 Å². The highest BCUT2D eigenvalue weighted by molar-refractivity contribution is 5.32. The van der Waals surface area contributed by atoms with E-state index in [1.165, 1.54) is 44.9 Å². The van der Waals surface area contributed by atoms with Crippen LogP contribution in [0.15, 0.2) is 35.3 Å². The highest BCUT2D eigenvalue weighted by Crippen LogP contribution is 2.15. The first-order valence-electron chi connectivity index (χ1n) is 13.6. The molecule has 0 heterocycles. The van der Waals surface area contributed by atoms with Gasteiger partial charge in [-0.25, -0.2) is 0 Å². The maximum atomic E-state index is 11.4. The van der Waals surface area contributed by atoms with Crippen LogP contribution >= 0.6 is 0 Å². The van der Waals surface area contributed by atoms with E-state index in [4.69, 9.17) is 10.5 Å². The molecule has 1 aliphatic carbocycles. The van der Waals surface area contributed by atoms with E-state index in [0.29, 0.717) is 17.9 Å². The van der Waals surface area contributed by atoms with Crippen molar-refractivity contribution in [2.75, 3.05) is 53.0 Å². The van der Waals surface area contributed by atoms with Gasteiger partial charge in [0.05, 0.1) is 11.3 Å². The highest BCUT2D eigenvalue weighted by Gasteiger charge is 2.17. The molecule has 0 amide bonds. The fourth-order valence-corrected chi connectivity index (χ4v) is 4.37. The van der Waals surface area contributed by atoms with Crippen LogP contribution in [0, 0.1) is 16.0 Å². The minimum atomic E-state index is -0.313. The van der Waals surface area contributed by atoms with E-state index < -0.39 is 0 Å². The molecule has 202 valence electrons. The van der Waals surface area contributed by atoms with Gasteiger partial charge < -0.3 is 26.0 Å². The lowest BCUT2D eigenvalue weighted by molar-refractivity contribution is -0.428. The van der Waals surface area contributed by atoms with Crippen LogP contribution in [0.2, 0.25) is 0 Å². The number of nitro groups is 1. The summed E-state index contributed by atoms with van der Waals surface area (Å²) in [6.45, 7) is 11.3. The molecule has 1 aliphatic rings.